The molecule has 0 aliphatic heterocycles. The molecule has 2 aliphatic carbocycles. The van der Waals surface area contributed by atoms with Crippen LogP contribution in [0, 0.1) is 11.8 Å². The van der Waals surface area contributed by atoms with Gasteiger partial charge in [-0.05, 0) is 79.2 Å². The van der Waals surface area contributed by atoms with E-state index in [0.29, 0.717) is 29.8 Å². The van der Waals surface area contributed by atoms with Crippen LogP contribution in [-0.2, 0) is 14.9 Å². The number of carbonyl (C=O) groups excluding carboxylic acids is 1. The minimum atomic E-state index is -0.921. The van der Waals surface area contributed by atoms with Crippen LogP contribution in [-0.4, -0.2) is 19.2 Å². The van der Waals surface area contributed by atoms with Crippen molar-refractivity contribution in [1.29, 1.82) is 0 Å². The summed E-state index contributed by atoms with van der Waals surface area (Å²) in [5.74, 6) is -0.179. The number of allylic oxidation sites excluding steroid dienone is 3. The van der Waals surface area contributed by atoms with Crippen LogP contribution in [0.2, 0.25) is 0 Å². The molecule has 0 atom stereocenters. The van der Waals surface area contributed by atoms with Crippen LogP contribution in [0.1, 0.15) is 77.5 Å². The Balaban J connectivity index is 2.15. The highest BCUT2D eigenvalue weighted by Crippen LogP contribution is 2.46. The second kappa shape index (κ2) is 8.33. The number of benzene rings is 1. The largest absolute Gasteiger partial charge is 0.493 e. The van der Waals surface area contributed by atoms with Gasteiger partial charge in [-0.2, -0.15) is 4.39 Å². The van der Waals surface area contributed by atoms with Crippen LogP contribution in [0.5, 0.6) is 5.75 Å². The molecule has 2 aliphatic rings. The van der Waals surface area contributed by atoms with Gasteiger partial charge in [-0.25, -0.2) is 4.79 Å². The summed E-state index contributed by atoms with van der Waals surface area (Å²) >= 11 is 0. The van der Waals surface area contributed by atoms with Crippen molar-refractivity contribution < 1.29 is 18.7 Å². The van der Waals surface area contributed by atoms with E-state index in [9.17, 15) is 9.18 Å². The number of esters is 1. The van der Waals surface area contributed by atoms with Crippen molar-refractivity contribution in [2.24, 2.45) is 11.8 Å². The Morgan fingerprint density at radius 2 is 1.97 bits per heavy atom. The fraction of sp³-hybridized carbons (Fsp3) is 0.560. The number of ether oxygens (including phenoxy) is 2. The van der Waals surface area contributed by atoms with Crippen LogP contribution >= 0.6 is 0 Å². The van der Waals surface area contributed by atoms with Crippen molar-refractivity contribution in [2.75, 3.05) is 13.2 Å². The lowest BCUT2D eigenvalue weighted by molar-refractivity contribution is -0.140. The zero-order chi connectivity index (χ0) is 21.3. The third-order valence-corrected chi connectivity index (χ3v) is 5.97. The van der Waals surface area contributed by atoms with Crippen molar-refractivity contribution >= 4 is 17.1 Å². The van der Waals surface area contributed by atoms with E-state index in [4.69, 9.17) is 9.47 Å². The summed E-state index contributed by atoms with van der Waals surface area (Å²) in [6, 6.07) is 4.09. The number of halogens is 1. The first kappa shape index (κ1) is 21.6. The lowest BCUT2D eigenvalue weighted by atomic mass is 9.70. The number of fused-ring (bicyclic) bond motifs is 1. The second-order valence-electron chi connectivity index (χ2n) is 9.21. The molecule has 0 saturated heterocycles. The third kappa shape index (κ3) is 4.57. The lowest BCUT2D eigenvalue weighted by Crippen LogP contribution is -2.23. The fourth-order valence-electron chi connectivity index (χ4n) is 3.88. The molecule has 0 N–H and O–H groups in total. The Morgan fingerprint density at radius 3 is 2.55 bits per heavy atom. The maximum Gasteiger partial charge on any atom is 0.367 e. The zero-order valence-electron chi connectivity index (χ0n) is 18.5. The van der Waals surface area contributed by atoms with Gasteiger partial charge in [-0.1, -0.05) is 33.8 Å². The van der Waals surface area contributed by atoms with Crippen LogP contribution in [0.4, 0.5) is 4.39 Å². The molecule has 0 bridgehead atoms. The van der Waals surface area contributed by atoms with Crippen LogP contribution in [0.15, 0.2) is 24.0 Å². The van der Waals surface area contributed by atoms with Crippen LogP contribution in [0.3, 0.4) is 0 Å². The lowest BCUT2D eigenvalue weighted by Gasteiger charge is -2.34. The van der Waals surface area contributed by atoms with E-state index in [1.54, 1.807) is 13.8 Å². The summed E-state index contributed by atoms with van der Waals surface area (Å²) < 4.78 is 25.9. The molecular formula is C25H33FO3. The van der Waals surface area contributed by atoms with E-state index in [0.717, 1.165) is 12.0 Å². The van der Waals surface area contributed by atoms with Gasteiger partial charge in [0.05, 0.1) is 13.2 Å². The summed E-state index contributed by atoms with van der Waals surface area (Å²) in [6.45, 7) is 12.9. The monoisotopic (exact) mass is 400 g/mol. The number of hydrogen-bond acceptors (Lipinski definition) is 3. The van der Waals surface area contributed by atoms with E-state index in [1.807, 2.05) is 6.07 Å². The van der Waals surface area contributed by atoms with E-state index in [2.05, 4.69) is 39.8 Å². The topological polar surface area (TPSA) is 35.5 Å². The number of hydrogen-bond donors (Lipinski definition) is 0. The highest BCUT2D eigenvalue weighted by molar-refractivity contribution is 5.96. The van der Waals surface area contributed by atoms with Crippen molar-refractivity contribution in [3.63, 3.8) is 0 Å². The zero-order valence-corrected chi connectivity index (χ0v) is 18.5. The molecule has 0 aromatic heterocycles. The minimum absolute atomic E-state index is 0.0265. The molecule has 0 heterocycles. The summed E-state index contributed by atoms with van der Waals surface area (Å²) in [5.41, 5.74) is 4.49. The molecule has 4 heteroatoms. The smallest absolute Gasteiger partial charge is 0.367 e. The van der Waals surface area contributed by atoms with Crippen LogP contribution in [0.25, 0.3) is 11.1 Å². The number of rotatable bonds is 7. The maximum atomic E-state index is 14.8. The molecule has 158 valence electrons. The first-order chi connectivity index (χ1) is 13.7. The molecule has 1 fully saturated rings. The molecule has 3 rings (SSSR count). The summed E-state index contributed by atoms with van der Waals surface area (Å²) in [6.07, 6.45) is 5.61. The molecular weight excluding hydrogens is 367 g/mol. The van der Waals surface area contributed by atoms with Gasteiger partial charge in [0.2, 0.25) is 5.83 Å². The quantitative estimate of drug-likeness (QED) is 0.389. The summed E-state index contributed by atoms with van der Waals surface area (Å²) in [4.78, 5) is 12.0. The Hall–Kier alpha value is -2.10. The van der Waals surface area contributed by atoms with Crippen molar-refractivity contribution in [1.82, 2.24) is 0 Å². The van der Waals surface area contributed by atoms with Crippen molar-refractivity contribution in [2.45, 2.75) is 66.2 Å². The molecule has 29 heavy (non-hydrogen) atoms. The molecule has 0 spiro atoms. The predicted molar refractivity (Wildman–Crippen MR) is 115 cm³/mol. The normalized spacial score (nSPS) is 18.7. The van der Waals surface area contributed by atoms with Crippen molar-refractivity contribution in [3.8, 4) is 5.75 Å². The molecule has 1 saturated carbocycles. The summed E-state index contributed by atoms with van der Waals surface area (Å²) in [7, 11) is 0. The highest BCUT2D eigenvalue weighted by atomic mass is 19.1. The fourth-order valence-corrected chi connectivity index (χ4v) is 3.88. The average molecular weight is 401 g/mol. The average Bonchev–Trinajstić information content (AvgIpc) is 3.49. The second-order valence-corrected chi connectivity index (χ2v) is 9.21. The van der Waals surface area contributed by atoms with E-state index >= 15 is 0 Å². The van der Waals surface area contributed by atoms with Gasteiger partial charge in [0, 0.05) is 11.1 Å². The molecule has 0 amide bonds. The van der Waals surface area contributed by atoms with Crippen molar-refractivity contribution in [3.05, 3.63) is 40.7 Å². The SMILES string of the molecule is CCOC(=O)C(F)=C(C)c1cc2c(cc1OCC1CC1)C(C)(C)CC=C2C(C)C. The first-order valence-corrected chi connectivity index (χ1v) is 10.7. The van der Waals surface area contributed by atoms with Gasteiger partial charge in [0.15, 0.2) is 0 Å². The highest BCUT2D eigenvalue weighted by Gasteiger charge is 2.32. The van der Waals surface area contributed by atoms with Gasteiger partial charge in [0.25, 0.3) is 0 Å². The Kier molecular flexibility index (Phi) is 6.21. The van der Waals surface area contributed by atoms with E-state index in [1.165, 1.54) is 24.0 Å². The first-order valence-electron chi connectivity index (χ1n) is 10.7. The predicted octanol–water partition coefficient (Wildman–Crippen LogP) is 6.46. The third-order valence-electron chi connectivity index (χ3n) is 5.97. The molecule has 1 aromatic rings. The standard InChI is InChI=1S/C25H33FO3/c1-7-28-24(27)23(26)16(4)19-12-20-18(15(2)3)10-11-25(5,6)21(20)13-22(19)29-14-17-8-9-17/h10,12-13,15,17H,7-9,11,14H2,1-6H3. The molecule has 1 aromatic carbocycles. The van der Waals surface area contributed by atoms with Gasteiger partial charge in [-0.15, -0.1) is 0 Å². The Bertz CT molecular complexity index is 857. The van der Waals surface area contributed by atoms with E-state index < -0.39 is 11.8 Å². The minimum Gasteiger partial charge on any atom is -0.493 e. The van der Waals surface area contributed by atoms with Gasteiger partial charge < -0.3 is 9.47 Å². The molecule has 0 radical (unpaired) electrons. The van der Waals surface area contributed by atoms with E-state index in [-0.39, 0.29) is 17.6 Å². The van der Waals surface area contributed by atoms with Gasteiger partial charge >= 0.3 is 5.97 Å². The van der Waals surface area contributed by atoms with Crippen LogP contribution < -0.4 is 4.74 Å². The Morgan fingerprint density at radius 1 is 1.28 bits per heavy atom. The van der Waals surface area contributed by atoms with Gasteiger partial charge in [-0.3, -0.25) is 0 Å². The van der Waals surface area contributed by atoms with Gasteiger partial charge in [0.1, 0.15) is 5.75 Å². The summed E-state index contributed by atoms with van der Waals surface area (Å²) in [5, 5.41) is 0. The Labute approximate surface area is 174 Å². The maximum absolute atomic E-state index is 14.8. The molecule has 3 nitrogen and oxygen atoms in total. The molecule has 0 unspecified atom stereocenters. The number of carbonyl (C=O) groups is 1.